The molecule has 3 heteroatoms. The van der Waals surface area contributed by atoms with Crippen LogP contribution < -0.4 is 4.74 Å². The lowest BCUT2D eigenvalue weighted by Gasteiger charge is -2.11. The van der Waals surface area contributed by atoms with E-state index in [0.29, 0.717) is 12.3 Å². The van der Waals surface area contributed by atoms with Crippen LogP contribution in [0.2, 0.25) is 0 Å². The number of carboxylic acid groups (broad SMARTS) is 1. The Labute approximate surface area is 95.0 Å². The highest BCUT2D eigenvalue weighted by atomic mass is 16.5. The van der Waals surface area contributed by atoms with Gasteiger partial charge >= 0.3 is 5.97 Å². The highest BCUT2D eigenvalue weighted by Gasteiger charge is 2.35. The Balaban J connectivity index is 2.03. The van der Waals surface area contributed by atoms with Crippen molar-refractivity contribution in [2.45, 2.75) is 19.3 Å². The van der Waals surface area contributed by atoms with E-state index in [2.05, 4.69) is 0 Å². The van der Waals surface area contributed by atoms with Crippen molar-refractivity contribution in [3.63, 3.8) is 0 Å². The van der Waals surface area contributed by atoms with E-state index in [0.717, 1.165) is 24.2 Å². The summed E-state index contributed by atoms with van der Waals surface area (Å²) in [4.78, 5) is 11.1. The topological polar surface area (TPSA) is 46.5 Å². The molecule has 1 aliphatic carbocycles. The fourth-order valence-electron chi connectivity index (χ4n) is 1.97. The number of hydrogen-bond acceptors (Lipinski definition) is 2. The summed E-state index contributed by atoms with van der Waals surface area (Å²) in [5, 5.41) is 9.12. The minimum absolute atomic E-state index is 0.214. The molecule has 1 saturated carbocycles. The minimum atomic E-state index is -0.668. The molecule has 1 aromatic carbocycles. The first-order chi connectivity index (χ1) is 7.70. The lowest BCUT2D eigenvalue weighted by molar-refractivity contribution is -0.142. The van der Waals surface area contributed by atoms with Gasteiger partial charge in [-0.2, -0.15) is 0 Å². The van der Waals surface area contributed by atoms with Gasteiger partial charge in [0, 0.05) is 0 Å². The normalized spacial score (nSPS) is 16.8. The van der Waals surface area contributed by atoms with Gasteiger partial charge in [0.1, 0.15) is 5.75 Å². The van der Waals surface area contributed by atoms with E-state index >= 15 is 0 Å². The summed E-state index contributed by atoms with van der Waals surface area (Å²) in [7, 11) is 1.62. The summed E-state index contributed by atoms with van der Waals surface area (Å²) >= 11 is 0. The van der Waals surface area contributed by atoms with Gasteiger partial charge in [-0.15, -0.1) is 0 Å². The van der Waals surface area contributed by atoms with E-state index in [4.69, 9.17) is 9.84 Å². The first-order valence-corrected chi connectivity index (χ1v) is 5.56. The predicted octanol–water partition coefficient (Wildman–Crippen LogP) is 2.35. The Hall–Kier alpha value is -1.51. The lowest BCUT2D eigenvalue weighted by atomic mass is 9.95. The average molecular weight is 220 g/mol. The number of carboxylic acids is 1. The molecule has 1 atom stereocenters. The van der Waals surface area contributed by atoms with E-state index in [1.165, 1.54) is 0 Å². The summed E-state index contributed by atoms with van der Waals surface area (Å²) < 4.78 is 5.07. The highest BCUT2D eigenvalue weighted by Crippen LogP contribution is 2.38. The number of carbonyl (C=O) groups is 1. The second kappa shape index (κ2) is 4.56. The standard InChI is InChI=1S/C13H16O3/c1-16-11-6-2-9(3-7-11)8-12(13(14)15)10-4-5-10/h2-3,6-7,10,12H,4-5,8H2,1H3,(H,14,15). The van der Waals surface area contributed by atoms with Crippen molar-refractivity contribution in [2.75, 3.05) is 7.11 Å². The molecule has 0 heterocycles. The maximum Gasteiger partial charge on any atom is 0.307 e. The molecule has 0 aromatic heterocycles. The van der Waals surface area contributed by atoms with E-state index in [9.17, 15) is 4.79 Å². The Bertz CT molecular complexity index is 365. The van der Waals surface area contributed by atoms with Crippen LogP contribution in [0.25, 0.3) is 0 Å². The SMILES string of the molecule is COc1ccc(CC(C(=O)O)C2CC2)cc1. The van der Waals surface area contributed by atoms with Crippen LogP contribution in [0.15, 0.2) is 24.3 Å². The first kappa shape index (κ1) is 11.0. The van der Waals surface area contributed by atoms with E-state index in [1.807, 2.05) is 24.3 Å². The molecular weight excluding hydrogens is 204 g/mol. The van der Waals surface area contributed by atoms with Crippen LogP contribution in [-0.4, -0.2) is 18.2 Å². The molecule has 3 nitrogen and oxygen atoms in total. The molecule has 0 saturated heterocycles. The van der Waals surface area contributed by atoms with Crippen LogP contribution in [0.1, 0.15) is 18.4 Å². The summed E-state index contributed by atoms with van der Waals surface area (Å²) in [5.41, 5.74) is 1.07. The molecule has 16 heavy (non-hydrogen) atoms. The zero-order valence-corrected chi connectivity index (χ0v) is 9.35. The number of ether oxygens (including phenoxy) is 1. The molecule has 1 N–H and O–H groups in total. The lowest BCUT2D eigenvalue weighted by Crippen LogP contribution is -2.18. The van der Waals surface area contributed by atoms with Crippen molar-refractivity contribution in [1.29, 1.82) is 0 Å². The molecule has 1 aromatic rings. The third-order valence-corrected chi connectivity index (χ3v) is 3.12. The summed E-state index contributed by atoms with van der Waals surface area (Å²) in [6.45, 7) is 0. The fraction of sp³-hybridized carbons (Fsp3) is 0.462. The van der Waals surface area contributed by atoms with Gasteiger partial charge in [-0.3, -0.25) is 4.79 Å². The maximum atomic E-state index is 11.1. The van der Waals surface area contributed by atoms with E-state index < -0.39 is 5.97 Å². The van der Waals surface area contributed by atoms with E-state index in [1.54, 1.807) is 7.11 Å². The zero-order valence-electron chi connectivity index (χ0n) is 9.35. The van der Waals surface area contributed by atoms with Gasteiger partial charge in [-0.05, 0) is 42.9 Å². The van der Waals surface area contributed by atoms with Gasteiger partial charge in [-0.25, -0.2) is 0 Å². The van der Waals surface area contributed by atoms with Crippen LogP contribution in [-0.2, 0) is 11.2 Å². The zero-order chi connectivity index (χ0) is 11.5. The van der Waals surface area contributed by atoms with Crippen LogP contribution in [0.4, 0.5) is 0 Å². The second-order valence-corrected chi connectivity index (χ2v) is 4.33. The molecule has 0 aliphatic heterocycles. The third-order valence-electron chi connectivity index (χ3n) is 3.12. The molecule has 2 rings (SSSR count). The summed E-state index contributed by atoms with van der Waals surface area (Å²) in [6, 6.07) is 7.64. The molecule has 0 amide bonds. The number of methoxy groups -OCH3 is 1. The summed E-state index contributed by atoms with van der Waals surface area (Å²) in [6.07, 6.45) is 2.75. The van der Waals surface area contributed by atoms with Crippen molar-refractivity contribution in [3.05, 3.63) is 29.8 Å². The molecule has 86 valence electrons. The predicted molar refractivity (Wildman–Crippen MR) is 60.5 cm³/mol. The van der Waals surface area contributed by atoms with Crippen LogP contribution in [0, 0.1) is 11.8 Å². The van der Waals surface area contributed by atoms with Crippen molar-refractivity contribution in [3.8, 4) is 5.75 Å². The molecule has 1 aliphatic rings. The molecule has 1 fully saturated rings. The largest absolute Gasteiger partial charge is 0.497 e. The van der Waals surface area contributed by atoms with Crippen molar-refractivity contribution in [2.24, 2.45) is 11.8 Å². The van der Waals surface area contributed by atoms with Gasteiger partial charge in [-0.1, -0.05) is 12.1 Å². The first-order valence-electron chi connectivity index (χ1n) is 5.56. The third kappa shape index (κ3) is 2.54. The van der Waals surface area contributed by atoms with Gasteiger partial charge in [0.05, 0.1) is 13.0 Å². The molecular formula is C13H16O3. The van der Waals surface area contributed by atoms with Gasteiger partial charge < -0.3 is 9.84 Å². The quantitative estimate of drug-likeness (QED) is 0.828. The van der Waals surface area contributed by atoms with Gasteiger partial charge in [0.25, 0.3) is 0 Å². The highest BCUT2D eigenvalue weighted by molar-refractivity contribution is 5.71. The fourth-order valence-corrected chi connectivity index (χ4v) is 1.97. The Kier molecular flexibility index (Phi) is 3.13. The van der Waals surface area contributed by atoms with Crippen LogP contribution in [0.3, 0.4) is 0 Å². The van der Waals surface area contributed by atoms with Crippen LogP contribution >= 0.6 is 0 Å². The average Bonchev–Trinajstić information content (AvgIpc) is 3.10. The Morgan fingerprint density at radius 2 is 2.06 bits per heavy atom. The summed E-state index contributed by atoms with van der Waals surface area (Å²) in [5.74, 6) is 0.313. The number of benzene rings is 1. The Morgan fingerprint density at radius 1 is 1.44 bits per heavy atom. The smallest absolute Gasteiger partial charge is 0.307 e. The second-order valence-electron chi connectivity index (χ2n) is 4.33. The molecule has 0 bridgehead atoms. The van der Waals surface area contributed by atoms with Crippen molar-refractivity contribution in [1.82, 2.24) is 0 Å². The van der Waals surface area contributed by atoms with Crippen LogP contribution in [0.5, 0.6) is 5.75 Å². The molecule has 1 unspecified atom stereocenters. The molecule has 0 radical (unpaired) electrons. The van der Waals surface area contributed by atoms with E-state index in [-0.39, 0.29) is 5.92 Å². The monoisotopic (exact) mass is 220 g/mol. The van der Waals surface area contributed by atoms with Crippen molar-refractivity contribution < 1.29 is 14.6 Å². The molecule has 0 spiro atoms. The van der Waals surface area contributed by atoms with Crippen molar-refractivity contribution >= 4 is 5.97 Å². The number of hydrogen-bond donors (Lipinski definition) is 1. The van der Waals surface area contributed by atoms with Gasteiger partial charge in [0.2, 0.25) is 0 Å². The number of aliphatic carboxylic acids is 1. The Morgan fingerprint density at radius 3 is 2.50 bits per heavy atom. The minimum Gasteiger partial charge on any atom is -0.497 e. The maximum absolute atomic E-state index is 11.1. The number of rotatable bonds is 5. The van der Waals surface area contributed by atoms with Gasteiger partial charge in [0.15, 0.2) is 0 Å².